The lowest BCUT2D eigenvalue weighted by molar-refractivity contribution is -0.228. The van der Waals surface area contributed by atoms with Crippen molar-refractivity contribution in [3.63, 3.8) is 0 Å². The van der Waals surface area contributed by atoms with E-state index in [0.29, 0.717) is 0 Å². The second-order valence-electron chi connectivity index (χ2n) is 6.55. The van der Waals surface area contributed by atoms with Crippen molar-refractivity contribution >= 4 is 11.0 Å². The Balaban J connectivity index is 3.42. The van der Waals surface area contributed by atoms with Gasteiger partial charge in [0.15, 0.2) is 12.3 Å². The number of halogens is 5. The Kier molecular flexibility index (Phi) is 6.16. The summed E-state index contributed by atoms with van der Waals surface area (Å²) in [6.45, 7) is 5.50. The molecule has 0 amide bonds. The summed E-state index contributed by atoms with van der Waals surface area (Å²) < 4.78 is 80.5. The summed E-state index contributed by atoms with van der Waals surface area (Å²) in [6.07, 6.45) is -11.6. The predicted molar refractivity (Wildman–Crippen MR) is 81.7 cm³/mol. The Bertz CT molecular complexity index is 602. The van der Waals surface area contributed by atoms with Gasteiger partial charge in [0.1, 0.15) is 5.82 Å². The highest BCUT2D eigenvalue weighted by molar-refractivity contribution is 7.84. The number of alkyl halides is 4. The maximum atomic E-state index is 14.6. The van der Waals surface area contributed by atoms with Crippen LogP contribution < -0.4 is 4.72 Å². The largest absolute Gasteiger partial charge is 0.417 e. The first-order valence-electron chi connectivity index (χ1n) is 7.05. The summed E-state index contributed by atoms with van der Waals surface area (Å²) >= 11 is 0. The van der Waals surface area contributed by atoms with E-state index >= 15 is 0 Å². The minimum absolute atomic E-state index is 0.460. The van der Waals surface area contributed by atoms with Crippen molar-refractivity contribution in [1.82, 2.24) is 4.72 Å². The van der Waals surface area contributed by atoms with Crippen molar-refractivity contribution in [3.8, 4) is 0 Å². The number of aliphatic hydroxyl groups excluding tert-OH is 1. The predicted octanol–water partition coefficient (Wildman–Crippen LogP) is 3.35. The van der Waals surface area contributed by atoms with E-state index in [2.05, 4.69) is 4.72 Å². The molecule has 0 spiro atoms. The smallest absolute Gasteiger partial charge is 0.381 e. The van der Waals surface area contributed by atoms with Crippen LogP contribution in [0.1, 0.15) is 33.3 Å². The minimum Gasteiger partial charge on any atom is -0.381 e. The molecule has 0 bridgehead atoms. The second kappa shape index (κ2) is 7.05. The van der Waals surface area contributed by atoms with Gasteiger partial charge in [-0.2, -0.15) is 13.2 Å². The molecule has 0 fully saturated rings. The first-order valence-corrected chi connectivity index (χ1v) is 8.20. The Hall–Kier alpha value is -1.06. The lowest BCUT2D eigenvalue weighted by Gasteiger charge is -2.38. The summed E-state index contributed by atoms with van der Waals surface area (Å²) in [4.78, 5) is 0. The molecule has 0 unspecified atom stereocenters. The number of hydrogen-bond donors (Lipinski definition) is 2. The van der Waals surface area contributed by atoms with Crippen LogP contribution in [-0.2, 0) is 16.5 Å². The monoisotopic (exact) mass is 373 g/mol. The molecule has 0 radical (unpaired) electrons. The van der Waals surface area contributed by atoms with E-state index in [9.17, 15) is 31.3 Å². The van der Waals surface area contributed by atoms with Gasteiger partial charge >= 0.3 is 6.18 Å². The maximum Gasteiger partial charge on any atom is 0.417 e. The molecule has 0 aliphatic carbocycles. The number of hydrogen-bond acceptors (Lipinski definition) is 2. The summed E-state index contributed by atoms with van der Waals surface area (Å²) in [6, 6.07) is 4.62. The van der Waals surface area contributed by atoms with Crippen LogP contribution in [0.25, 0.3) is 0 Å². The zero-order valence-corrected chi connectivity index (χ0v) is 14.4. The molecule has 9 heteroatoms. The highest BCUT2D eigenvalue weighted by Crippen LogP contribution is 2.37. The van der Waals surface area contributed by atoms with Gasteiger partial charge in [0.05, 0.1) is 21.3 Å². The van der Waals surface area contributed by atoms with E-state index in [1.54, 1.807) is 0 Å². The van der Waals surface area contributed by atoms with Crippen LogP contribution >= 0.6 is 0 Å². The normalized spacial score (nSPS) is 19.4. The molecule has 0 heterocycles. The summed E-state index contributed by atoms with van der Waals surface area (Å²) in [5.41, 5.74) is -2.82. The molecule has 0 aromatic heterocycles. The van der Waals surface area contributed by atoms with Gasteiger partial charge in [-0.15, -0.1) is 0 Å². The van der Waals surface area contributed by atoms with Gasteiger partial charge in [-0.25, -0.2) is 17.7 Å². The topological polar surface area (TPSA) is 49.3 Å². The molecule has 0 saturated heterocycles. The molecule has 1 aromatic carbocycles. The molecule has 2 N–H and O–H groups in total. The molecule has 0 saturated carbocycles. The fourth-order valence-electron chi connectivity index (χ4n) is 1.97. The molecule has 0 aliphatic rings. The van der Waals surface area contributed by atoms with Gasteiger partial charge in [0.25, 0.3) is 0 Å². The van der Waals surface area contributed by atoms with Crippen LogP contribution in [0.15, 0.2) is 24.3 Å². The van der Waals surface area contributed by atoms with Crippen molar-refractivity contribution in [2.24, 2.45) is 0 Å². The van der Waals surface area contributed by atoms with Crippen molar-refractivity contribution in [1.29, 1.82) is 0 Å². The van der Waals surface area contributed by atoms with E-state index in [1.165, 1.54) is 32.9 Å². The number of nitrogens with one attached hydrogen (secondary N) is 1. The molecule has 1 aromatic rings. The summed E-state index contributed by atoms with van der Waals surface area (Å²) in [5.74, 6) is -0.976. The summed E-state index contributed by atoms with van der Waals surface area (Å²) in [5, 5.41) is 9.30. The molecule has 3 nitrogen and oxygen atoms in total. The van der Waals surface area contributed by atoms with E-state index in [4.69, 9.17) is 0 Å². The molecule has 1 rings (SSSR count). The number of benzene rings is 1. The van der Waals surface area contributed by atoms with Gasteiger partial charge in [-0.1, -0.05) is 18.2 Å². The van der Waals surface area contributed by atoms with E-state index < -0.39 is 51.1 Å². The Morgan fingerprint density at radius 2 is 1.62 bits per heavy atom. The van der Waals surface area contributed by atoms with Gasteiger partial charge in [0.2, 0.25) is 0 Å². The first-order chi connectivity index (χ1) is 10.7. The number of rotatable bonds is 5. The van der Waals surface area contributed by atoms with Gasteiger partial charge in [0, 0.05) is 5.56 Å². The van der Waals surface area contributed by atoms with Crippen LogP contribution in [0, 0.1) is 5.82 Å². The van der Waals surface area contributed by atoms with Crippen LogP contribution in [0.5, 0.6) is 0 Å². The molecule has 138 valence electrons. The Labute approximate surface area is 139 Å². The number of aliphatic hydroxyl groups is 1. The van der Waals surface area contributed by atoms with Crippen molar-refractivity contribution in [3.05, 3.63) is 35.6 Å². The van der Waals surface area contributed by atoms with E-state index in [-0.39, 0.29) is 0 Å². The average molecular weight is 373 g/mol. The molecular formula is C15H20F5NO2S. The van der Waals surface area contributed by atoms with Gasteiger partial charge in [-0.05, 0) is 33.8 Å². The zero-order chi connectivity index (χ0) is 18.9. The maximum absolute atomic E-state index is 14.6. The third kappa shape index (κ3) is 4.52. The van der Waals surface area contributed by atoms with Crippen LogP contribution in [0.2, 0.25) is 0 Å². The van der Waals surface area contributed by atoms with Crippen LogP contribution in [0.4, 0.5) is 22.0 Å². The van der Waals surface area contributed by atoms with Crippen molar-refractivity contribution in [2.45, 2.75) is 56.4 Å². The Morgan fingerprint density at radius 3 is 2.04 bits per heavy atom. The molecule has 24 heavy (non-hydrogen) atoms. The van der Waals surface area contributed by atoms with Crippen molar-refractivity contribution in [2.75, 3.05) is 0 Å². The van der Waals surface area contributed by atoms with Crippen LogP contribution in [0.3, 0.4) is 0 Å². The third-order valence-corrected chi connectivity index (χ3v) is 5.18. The zero-order valence-electron chi connectivity index (χ0n) is 13.6. The van der Waals surface area contributed by atoms with E-state index in [0.717, 1.165) is 19.1 Å². The molecule has 4 atom stereocenters. The van der Waals surface area contributed by atoms with Gasteiger partial charge in [-0.3, -0.25) is 0 Å². The van der Waals surface area contributed by atoms with E-state index in [1.807, 2.05) is 0 Å². The fourth-order valence-corrected chi connectivity index (χ4v) is 2.88. The lowest BCUT2D eigenvalue weighted by atomic mass is 9.85. The van der Waals surface area contributed by atoms with Crippen LogP contribution in [-0.4, -0.2) is 32.5 Å². The SMILES string of the molecule is CC(C)(C)[S@@](=O)N[C@](C)(c1ccccc1F)[C@@H](F)[C@@H](O)C(F)(F)F. The third-order valence-electron chi connectivity index (χ3n) is 3.46. The highest BCUT2D eigenvalue weighted by Gasteiger charge is 2.53. The first kappa shape index (κ1) is 21.0. The quantitative estimate of drug-likeness (QED) is 0.778. The van der Waals surface area contributed by atoms with Crippen molar-refractivity contribution < 1.29 is 31.3 Å². The van der Waals surface area contributed by atoms with Gasteiger partial charge < -0.3 is 5.11 Å². The lowest BCUT2D eigenvalue weighted by Crippen LogP contribution is -2.58. The molecule has 0 aliphatic heterocycles. The minimum atomic E-state index is -5.25. The second-order valence-corrected chi connectivity index (χ2v) is 8.52. The average Bonchev–Trinajstić information content (AvgIpc) is 2.43. The Morgan fingerprint density at radius 1 is 1.12 bits per heavy atom. The molecular weight excluding hydrogens is 353 g/mol. The fraction of sp³-hybridized carbons (Fsp3) is 0.600. The summed E-state index contributed by atoms with van der Waals surface area (Å²) in [7, 11) is -2.01. The highest BCUT2D eigenvalue weighted by atomic mass is 32.2. The standard InChI is InChI=1S/C15H20F5NO2S/c1-13(2,3)24(23)21-14(4,9-7-5-6-8-10(9)16)11(17)12(22)15(18,19)20/h5-8,11-12,21-22H,1-4H3/t11-,12+,14+,24+/m0/s1.